The summed E-state index contributed by atoms with van der Waals surface area (Å²) in [4.78, 5) is 0. The summed E-state index contributed by atoms with van der Waals surface area (Å²) in [5, 5.41) is 188. The van der Waals surface area contributed by atoms with E-state index in [4.69, 9.17) is 66.3 Å². The Hall–Kier alpha value is -1.50. The van der Waals surface area contributed by atoms with Crippen LogP contribution in [0.1, 0.15) is 107 Å². The van der Waals surface area contributed by atoms with Gasteiger partial charge in [0, 0.05) is 24.2 Å². The lowest BCUT2D eigenvalue weighted by molar-refractivity contribution is -0.401. The van der Waals surface area contributed by atoms with E-state index in [1.165, 1.54) is 6.92 Å². The zero-order valence-corrected chi connectivity index (χ0v) is 54.9. The van der Waals surface area contributed by atoms with E-state index >= 15 is 0 Å². The topological polar surface area (TPSA) is 473 Å². The Labute approximate surface area is 550 Å². The fraction of sp³-hybridized carbons (Fsp3) is 0.969. The number of rotatable bonds is 16. The van der Waals surface area contributed by atoms with Gasteiger partial charge in [0.2, 0.25) is 0 Å². The Morgan fingerprint density at radius 2 is 1.07 bits per heavy atom. The van der Waals surface area contributed by atoms with E-state index in [9.17, 15) is 86.8 Å². The van der Waals surface area contributed by atoms with Gasteiger partial charge in [-0.1, -0.05) is 39.3 Å². The van der Waals surface area contributed by atoms with Crippen LogP contribution in [0.5, 0.6) is 0 Å². The van der Waals surface area contributed by atoms with E-state index in [2.05, 4.69) is 33.8 Å². The molecule has 8 aliphatic heterocycles. The Bertz CT molecular complexity index is 2660. The summed E-state index contributed by atoms with van der Waals surface area (Å²) in [6, 6.07) is 0. The highest BCUT2D eigenvalue weighted by Crippen LogP contribution is 2.80. The molecule has 0 aromatic rings. The van der Waals surface area contributed by atoms with E-state index in [0.29, 0.717) is 25.9 Å². The zero-order chi connectivity index (χ0) is 68.7. The van der Waals surface area contributed by atoms with Crippen molar-refractivity contribution in [2.24, 2.45) is 45.3 Å². The van der Waals surface area contributed by atoms with Gasteiger partial charge in [0.1, 0.15) is 128 Å². The lowest BCUT2D eigenvalue weighted by Crippen LogP contribution is -2.68. The Morgan fingerprint density at radius 1 is 0.516 bits per heavy atom. The maximum atomic E-state index is 12.4. The molecule has 95 heavy (non-hydrogen) atoms. The highest BCUT2D eigenvalue weighted by atomic mass is 16.8. The number of aliphatic hydroxyl groups excluding tert-OH is 16. The molecule has 2 bridgehead atoms. The van der Waals surface area contributed by atoms with Gasteiger partial charge in [-0.2, -0.15) is 0 Å². The van der Waals surface area contributed by atoms with Crippen LogP contribution < -0.4 is 0 Å². The van der Waals surface area contributed by atoms with Crippen molar-refractivity contribution in [2.75, 3.05) is 39.6 Å². The molecule has 4 saturated carbocycles. The molecule has 12 rings (SSSR count). The van der Waals surface area contributed by atoms with Crippen molar-refractivity contribution in [1.29, 1.82) is 0 Å². The third-order valence-electron chi connectivity index (χ3n) is 24.6. The van der Waals surface area contributed by atoms with E-state index in [1.54, 1.807) is 0 Å². The van der Waals surface area contributed by atoms with Crippen LogP contribution in [0.3, 0.4) is 0 Å². The molecule has 4 aliphatic carbocycles. The van der Waals surface area contributed by atoms with Crippen molar-refractivity contribution < 1.29 is 153 Å². The van der Waals surface area contributed by atoms with E-state index < -0.39 is 228 Å². The van der Waals surface area contributed by atoms with Gasteiger partial charge in [-0.15, -0.1) is 0 Å². The predicted octanol–water partition coefficient (Wildman–Crippen LogP) is -4.89. The number of allylic oxidation sites excluding steroid dienone is 1. The standard InChI is InChI=1S/C64H104O31/c1-24(2)15-26-16-62(8,81)52-27-9-10-34-60(6)13-12-35(59(4,5)33(60)11-14-61(34,7)63(27)22-64(52,95-26)86-23-63)91-57-51(94-56-48(80)41(73)36(68)25(3)87-56)49(29(67)19-83-57)92-58-50(93-55-45(77)37(69)28(66)18-82-55)44(76)40(72)32(90-58)21-85-54-47(79)43(75)39(71)31(89-54)20-84-53-46(78)42(74)38(70)30(17-65)88-53/h15,25-58,65-81H,9-14,16-23H2,1-8H3/t25-,26-,27+,28+,29-,30+,31+,32+,33-,34+,35-,36-,37-,38+,39+,40+,41+,42-,43-,44-,45+,46+,47+,48+,49-,50+,51+,52-,53+,54+,55-,56-,57-,58-,60-,61+,62-,63-,64-/m0/s1. The van der Waals surface area contributed by atoms with Gasteiger partial charge in [-0.25, -0.2) is 0 Å². The van der Waals surface area contributed by atoms with Crippen molar-refractivity contribution in [3.05, 3.63) is 11.6 Å². The van der Waals surface area contributed by atoms with Gasteiger partial charge in [-0.05, 0) is 100 Å². The molecule has 0 amide bonds. The number of hydrogen-bond acceptors (Lipinski definition) is 31. The Kier molecular flexibility index (Phi) is 21.0. The average Bonchev–Trinajstić information content (AvgIpc) is 1.58. The van der Waals surface area contributed by atoms with Crippen molar-refractivity contribution >= 4 is 0 Å². The maximum absolute atomic E-state index is 12.4. The average molecular weight is 1370 g/mol. The smallest absolute Gasteiger partial charge is 0.187 e. The Balaban J connectivity index is 0.800. The predicted molar refractivity (Wildman–Crippen MR) is 315 cm³/mol. The molecule has 12 aliphatic rings. The minimum absolute atomic E-state index is 0.0736. The quantitative estimate of drug-likeness (QED) is 0.0509. The van der Waals surface area contributed by atoms with Crippen molar-refractivity contribution in [2.45, 2.75) is 302 Å². The fourth-order valence-electron chi connectivity index (χ4n) is 19.7. The van der Waals surface area contributed by atoms with Gasteiger partial charge in [0.25, 0.3) is 0 Å². The largest absolute Gasteiger partial charge is 0.394 e. The third kappa shape index (κ3) is 12.6. The molecule has 39 atom stereocenters. The molecule has 0 aromatic heterocycles. The molecule has 546 valence electrons. The molecular weight excluding hydrogens is 1260 g/mol. The van der Waals surface area contributed by atoms with Gasteiger partial charge in [0.05, 0.1) is 63.6 Å². The van der Waals surface area contributed by atoms with Crippen LogP contribution in [0.15, 0.2) is 11.6 Å². The molecule has 8 heterocycles. The zero-order valence-electron chi connectivity index (χ0n) is 54.9. The molecule has 8 saturated heterocycles. The summed E-state index contributed by atoms with van der Waals surface area (Å²) >= 11 is 0. The molecule has 0 aromatic carbocycles. The highest BCUT2D eigenvalue weighted by molar-refractivity contribution is 5.27. The summed E-state index contributed by atoms with van der Waals surface area (Å²) < 4.78 is 87.1. The molecule has 31 heteroatoms. The van der Waals surface area contributed by atoms with Gasteiger partial charge < -0.3 is 153 Å². The van der Waals surface area contributed by atoms with Crippen molar-refractivity contribution in [3.8, 4) is 0 Å². The summed E-state index contributed by atoms with van der Waals surface area (Å²) in [5.41, 5.74) is -1.15. The van der Waals surface area contributed by atoms with Gasteiger partial charge in [-0.3, -0.25) is 0 Å². The number of aliphatic hydroxyl groups is 17. The lowest BCUT2D eigenvalue weighted by atomic mass is 9.35. The summed E-state index contributed by atoms with van der Waals surface area (Å²) in [5.74, 6) is -0.577. The summed E-state index contributed by atoms with van der Waals surface area (Å²) in [7, 11) is 0. The van der Waals surface area contributed by atoms with Crippen LogP contribution in [0.2, 0.25) is 0 Å². The van der Waals surface area contributed by atoms with Crippen LogP contribution in [-0.4, -0.2) is 322 Å². The SMILES string of the molecule is CC(C)=C[C@H]1C[C@](C)(O)[C@@H]2[C@H]3CC[C@@H]4[C@@]5(C)CC[C@H](O[C@@H]6OC[C@H](O)[C@H](O[C@@H]7O[C@H](CO[C@@H]8O[C@H](CO[C@@H]9O[C@H](CO)[C@@H](O)[C@H](O)[C@H]9O)[C@@H](O)[C@H](O)[C@H]8O)[C@@H](O)[C@H](O)[C@H]7O[C@@H]7OC[C@@H](O)[C@H](O)[C@H]7O)[C@H]6O[C@@H]6O[C@@H](C)[C@H](O)[C@@H](O)[C@H]6O)C(C)(C)[C@@H]5CC[C@@]4(C)[C@@]34CO[C@@]2(C4)O1. The van der Waals surface area contributed by atoms with Crippen LogP contribution in [-0.2, 0) is 66.3 Å². The number of ether oxygens (including phenoxy) is 14. The molecule has 31 nitrogen and oxygen atoms in total. The van der Waals surface area contributed by atoms with Gasteiger partial charge >= 0.3 is 0 Å². The normalized spacial score (nSPS) is 56.8. The summed E-state index contributed by atoms with van der Waals surface area (Å²) in [6.45, 7) is 13.8. The molecule has 0 radical (unpaired) electrons. The highest BCUT2D eigenvalue weighted by Gasteiger charge is 2.81. The van der Waals surface area contributed by atoms with Crippen molar-refractivity contribution in [3.63, 3.8) is 0 Å². The minimum Gasteiger partial charge on any atom is -0.394 e. The fourth-order valence-corrected chi connectivity index (χ4v) is 19.7. The second-order valence-electron chi connectivity index (χ2n) is 31.0. The van der Waals surface area contributed by atoms with E-state index in [-0.39, 0.29) is 46.0 Å². The summed E-state index contributed by atoms with van der Waals surface area (Å²) in [6.07, 6.45) is -42.5. The first kappa shape index (κ1) is 73.3. The van der Waals surface area contributed by atoms with Crippen LogP contribution in [0.4, 0.5) is 0 Å². The molecule has 2 spiro atoms. The maximum Gasteiger partial charge on any atom is 0.187 e. The molecule has 17 N–H and O–H groups in total. The van der Waals surface area contributed by atoms with E-state index in [0.717, 1.165) is 37.7 Å². The second-order valence-corrected chi connectivity index (χ2v) is 31.0. The van der Waals surface area contributed by atoms with Gasteiger partial charge in [0.15, 0.2) is 43.5 Å². The number of hydrogen-bond donors (Lipinski definition) is 17. The van der Waals surface area contributed by atoms with Crippen LogP contribution in [0, 0.1) is 45.3 Å². The van der Waals surface area contributed by atoms with Crippen molar-refractivity contribution in [1.82, 2.24) is 0 Å². The minimum atomic E-state index is -2.12. The molecule has 12 fully saturated rings. The third-order valence-corrected chi connectivity index (χ3v) is 24.6. The molecular formula is C64H104O31. The van der Waals surface area contributed by atoms with E-state index in [1.807, 2.05) is 20.8 Å². The monoisotopic (exact) mass is 1370 g/mol. The van der Waals surface area contributed by atoms with Crippen LogP contribution in [0.25, 0.3) is 0 Å². The number of fused-ring (bicyclic) bond motifs is 4. The first-order valence-electron chi connectivity index (χ1n) is 33.8. The first-order valence-corrected chi connectivity index (χ1v) is 33.8. The van der Waals surface area contributed by atoms with Crippen LogP contribution >= 0.6 is 0 Å². The lowest BCUT2D eigenvalue weighted by Gasteiger charge is -2.70. The molecule has 0 unspecified atom stereocenters. The Morgan fingerprint density at radius 3 is 1.73 bits per heavy atom. The second kappa shape index (κ2) is 27.3. The first-order chi connectivity index (χ1) is 44.6.